The van der Waals surface area contributed by atoms with Crippen LogP contribution in [0.5, 0.6) is 5.75 Å². The van der Waals surface area contributed by atoms with Gasteiger partial charge >= 0.3 is 0 Å². The van der Waals surface area contributed by atoms with E-state index in [9.17, 15) is 9.59 Å². The Morgan fingerprint density at radius 2 is 1.63 bits per heavy atom. The highest BCUT2D eigenvalue weighted by molar-refractivity contribution is 5.95. The highest BCUT2D eigenvalue weighted by Gasteiger charge is 2.22. The molecular weight excluding hydrogens is 342 g/mol. The summed E-state index contributed by atoms with van der Waals surface area (Å²) in [5, 5.41) is 2.94. The Hall–Kier alpha value is -3.02. The second-order valence-corrected chi connectivity index (χ2v) is 6.39. The highest BCUT2D eigenvalue weighted by atomic mass is 16.5. The van der Waals surface area contributed by atoms with E-state index in [4.69, 9.17) is 4.74 Å². The molecule has 6 nitrogen and oxygen atoms in total. The smallest absolute Gasteiger partial charge is 0.262 e. The van der Waals surface area contributed by atoms with Gasteiger partial charge in [-0.1, -0.05) is 37.3 Å². The molecular formula is C21H25N3O3. The number of hydrogen-bond donors (Lipinski definition) is 1. The van der Waals surface area contributed by atoms with Gasteiger partial charge in [0.25, 0.3) is 5.91 Å². The van der Waals surface area contributed by atoms with Gasteiger partial charge in [0.1, 0.15) is 5.75 Å². The minimum absolute atomic E-state index is 0.0445. The standard InChI is InChI=1S/C21H25N3O3/c1-2-21(26)24-14-12-23(13-15-24)19-11-7-6-10-18(19)22-20(25)16-27-17-8-4-3-5-9-17/h3-11H,2,12-16H2,1H3,(H,22,25). The number of carbonyl (C=O) groups excluding carboxylic acids is 2. The van der Waals surface area contributed by atoms with Crippen LogP contribution < -0.4 is 15.0 Å². The number of para-hydroxylation sites is 3. The third kappa shape index (κ3) is 5.00. The summed E-state index contributed by atoms with van der Waals surface area (Å²) >= 11 is 0. The number of carbonyl (C=O) groups is 2. The molecule has 0 unspecified atom stereocenters. The number of hydrogen-bond acceptors (Lipinski definition) is 4. The molecule has 1 saturated heterocycles. The van der Waals surface area contributed by atoms with Gasteiger partial charge in [-0.3, -0.25) is 9.59 Å². The largest absolute Gasteiger partial charge is 0.484 e. The molecule has 2 aromatic rings. The summed E-state index contributed by atoms with van der Waals surface area (Å²) in [6, 6.07) is 17.0. The summed E-state index contributed by atoms with van der Waals surface area (Å²) in [4.78, 5) is 28.2. The fraction of sp³-hybridized carbons (Fsp3) is 0.333. The van der Waals surface area contributed by atoms with E-state index >= 15 is 0 Å². The third-order valence-electron chi connectivity index (χ3n) is 4.57. The summed E-state index contributed by atoms with van der Waals surface area (Å²) in [5.41, 5.74) is 1.73. The number of rotatable bonds is 6. The molecule has 1 aliphatic heterocycles. The first kappa shape index (κ1) is 18.8. The Morgan fingerprint density at radius 1 is 0.963 bits per heavy atom. The van der Waals surface area contributed by atoms with E-state index in [0.29, 0.717) is 25.3 Å². The highest BCUT2D eigenvalue weighted by Crippen LogP contribution is 2.26. The van der Waals surface area contributed by atoms with E-state index in [0.717, 1.165) is 24.5 Å². The van der Waals surface area contributed by atoms with Crippen molar-refractivity contribution in [3.05, 3.63) is 54.6 Å². The van der Waals surface area contributed by atoms with Crippen LogP contribution in [0.4, 0.5) is 11.4 Å². The summed E-state index contributed by atoms with van der Waals surface area (Å²) in [5.74, 6) is 0.651. The van der Waals surface area contributed by atoms with E-state index in [1.165, 1.54) is 0 Å². The molecule has 142 valence electrons. The zero-order valence-electron chi connectivity index (χ0n) is 15.6. The van der Waals surface area contributed by atoms with Crippen molar-refractivity contribution in [2.45, 2.75) is 13.3 Å². The quantitative estimate of drug-likeness (QED) is 0.853. The molecule has 1 aliphatic rings. The minimum atomic E-state index is -0.203. The average molecular weight is 367 g/mol. The van der Waals surface area contributed by atoms with Crippen molar-refractivity contribution in [2.75, 3.05) is 43.0 Å². The predicted molar refractivity (Wildman–Crippen MR) is 106 cm³/mol. The lowest BCUT2D eigenvalue weighted by atomic mass is 10.2. The first-order valence-corrected chi connectivity index (χ1v) is 9.27. The van der Waals surface area contributed by atoms with Gasteiger partial charge in [-0.05, 0) is 24.3 Å². The fourth-order valence-corrected chi connectivity index (χ4v) is 3.13. The Labute approximate surface area is 159 Å². The van der Waals surface area contributed by atoms with Crippen LogP contribution in [0, 0.1) is 0 Å². The molecule has 0 bridgehead atoms. The number of anilines is 2. The van der Waals surface area contributed by atoms with Crippen LogP contribution in [0.25, 0.3) is 0 Å². The topological polar surface area (TPSA) is 61.9 Å². The zero-order chi connectivity index (χ0) is 19.1. The molecule has 1 heterocycles. The van der Waals surface area contributed by atoms with Gasteiger partial charge in [0.15, 0.2) is 6.61 Å². The van der Waals surface area contributed by atoms with Crippen LogP contribution in [0.1, 0.15) is 13.3 Å². The normalized spacial score (nSPS) is 14.0. The van der Waals surface area contributed by atoms with E-state index in [1.807, 2.05) is 66.4 Å². The first-order valence-electron chi connectivity index (χ1n) is 9.27. The summed E-state index contributed by atoms with van der Waals surface area (Å²) in [6.07, 6.45) is 0.536. The molecule has 27 heavy (non-hydrogen) atoms. The number of amides is 2. The van der Waals surface area contributed by atoms with Crippen LogP contribution >= 0.6 is 0 Å². The van der Waals surface area contributed by atoms with Gasteiger partial charge in [-0.15, -0.1) is 0 Å². The van der Waals surface area contributed by atoms with Crippen molar-refractivity contribution < 1.29 is 14.3 Å². The zero-order valence-corrected chi connectivity index (χ0v) is 15.6. The number of ether oxygens (including phenoxy) is 1. The Morgan fingerprint density at radius 3 is 2.33 bits per heavy atom. The van der Waals surface area contributed by atoms with E-state index < -0.39 is 0 Å². The van der Waals surface area contributed by atoms with Crippen LogP contribution in [-0.4, -0.2) is 49.5 Å². The molecule has 0 saturated carbocycles. The molecule has 1 N–H and O–H groups in total. The number of nitrogens with one attached hydrogen (secondary N) is 1. The molecule has 2 amide bonds. The monoisotopic (exact) mass is 367 g/mol. The summed E-state index contributed by atoms with van der Waals surface area (Å²) in [7, 11) is 0. The van der Waals surface area contributed by atoms with E-state index in [1.54, 1.807) is 0 Å². The maximum absolute atomic E-state index is 12.3. The Balaban J connectivity index is 1.59. The molecule has 1 fully saturated rings. The predicted octanol–water partition coefficient (Wildman–Crippen LogP) is 2.76. The molecule has 3 rings (SSSR count). The molecule has 0 atom stereocenters. The molecule has 0 aliphatic carbocycles. The maximum Gasteiger partial charge on any atom is 0.262 e. The van der Waals surface area contributed by atoms with E-state index in [2.05, 4.69) is 10.2 Å². The van der Waals surface area contributed by atoms with Crippen LogP contribution in [0.15, 0.2) is 54.6 Å². The SMILES string of the molecule is CCC(=O)N1CCN(c2ccccc2NC(=O)COc2ccccc2)CC1. The van der Waals surface area contributed by atoms with Gasteiger partial charge < -0.3 is 19.9 Å². The lowest BCUT2D eigenvalue weighted by molar-refractivity contribution is -0.131. The number of piperazine rings is 1. The second-order valence-electron chi connectivity index (χ2n) is 6.39. The number of nitrogens with zero attached hydrogens (tertiary/aromatic N) is 2. The molecule has 0 radical (unpaired) electrons. The van der Waals surface area contributed by atoms with Crippen LogP contribution in [0.3, 0.4) is 0 Å². The van der Waals surface area contributed by atoms with Gasteiger partial charge in [0, 0.05) is 32.6 Å². The first-order chi connectivity index (χ1) is 13.2. The van der Waals surface area contributed by atoms with Crippen LogP contribution in [0.2, 0.25) is 0 Å². The third-order valence-corrected chi connectivity index (χ3v) is 4.57. The lowest BCUT2D eigenvalue weighted by Gasteiger charge is -2.36. The van der Waals surface area contributed by atoms with Gasteiger partial charge in [-0.25, -0.2) is 0 Å². The van der Waals surface area contributed by atoms with Gasteiger partial charge in [-0.2, -0.15) is 0 Å². The van der Waals surface area contributed by atoms with E-state index in [-0.39, 0.29) is 18.4 Å². The molecule has 0 spiro atoms. The van der Waals surface area contributed by atoms with Crippen molar-refractivity contribution in [3.8, 4) is 5.75 Å². The van der Waals surface area contributed by atoms with Crippen molar-refractivity contribution in [2.24, 2.45) is 0 Å². The molecule has 2 aromatic carbocycles. The van der Waals surface area contributed by atoms with Crippen molar-refractivity contribution in [3.63, 3.8) is 0 Å². The van der Waals surface area contributed by atoms with Gasteiger partial charge in [0.05, 0.1) is 11.4 Å². The average Bonchev–Trinajstić information content (AvgIpc) is 2.73. The fourth-order valence-electron chi connectivity index (χ4n) is 3.13. The summed E-state index contributed by atoms with van der Waals surface area (Å²) < 4.78 is 5.51. The Kier molecular flexibility index (Phi) is 6.30. The van der Waals surface area contributed by atoms with Gasteiger partial charge in [0.2, 0.25) is 5.91 Å². The summed E-state index contributed by atoms with van der Waals surface area (Å²) in [6.45, 7) is 4.74. The molecule has 0 aromatic heterocycles. The number of benzene rings is 2. The maximum atomic E-state index is 12.3. The van der Waals surface area contributed by atoms with Crippen molar-refractivity contribution >= 4 is 23.2 Å². The van der Waals surface area contributed by atoms with Crippen LogP contribution in [-0.2, 0) is 9.59 Å². The van der Waals surface area contributed by atoms with Crippen molar-refractivity contribution in [1.29, 1.82) is 0 Å². The molecule has 6 heteroatoms. The lowest BCUT2D eigenvalue weighted by Crippen LogP contribution is -2.48. The second kappa shape index (κ2) is 9.07. The minimum Gasteiger partial charge on any atom is -0.484 e. The van der Waals surface area contributed by atoms with Crippen molar-refractivity contribution in [1.82, 2.24) is 4.90 Å². The Bertz CT molecular complexity index is 771.